The second-order valence-corrected chi connectivity index (χ2v) is 18.9. The number of likely N-dealkylation sites (tertiary alicyclic amines) is 1. The van der Waals surface area contributed by atoms with Gasteiger partial charge in [-0.3, -0.25) is 19.1 Å². The summed E-state index contributed by atoms with van der Waals surface area (Å²) >= 11 is 1.38. The monoisotopic (exact) mass is 824 g/mol. The first-order valence-electron chi connectivity index (χ1n) is 19.0. The number of benzene rings is 1. The molecule has 1 aromatic carbocycles. The molecular weight excluding hydrogens is 777 g/mol. The van der Waals surface area contributed by atoms with Gasteiger partial charge in [-0.2, -0.15) is 9.90 Å². The third-order valence-electron chi connectivity index (χ3n) is 10.8. The van der Waals surface area contributed by atoms with Gasteiger partial charge in [-0.15, -0.1) is 23.0 Å². The predicted octanol–water partition coefficient (Wildman–Crippen LogP) is 3.56. The molecule has 4 fully saturated rings. The van der Waals surface area contributed by atoms with E-state index in [0.29, 0.717) is 48.0 Å². The van der Waals surface area contributed by atoms with Crippen molar-refractivity contribution in [3.05, 3.63) is 48.5 Å². The average Bonchev–Trinajstić information content (AvgIpc) is 3.95. The van der Waals surface area contributed by atoms with Gasteiger partial charge in [-0.05, 0) is 61.8 Å². The molecule has 2 saturated heterocycles. The average molecular weight is 825 g/mol. The second kappa shape index (κ2) is 15.8. The number of carbonyl (C=O) groups excluding carboxylic acids is 4. The molecule has 17 nitrogen and oxygen atoms in total. The molecule has 19 heteroatoms. The Bertz CT molecular complexity index is 2110. The number of hydrogen-bond donors (Lipinski definition) is 3. The number of hydrogen-bond acceptors (Lipinski definition) is 13. The highest BCUT2D eigenvalue weighted by atomic mass is 32.2. The minimum atomic E-state index is -3.92. The molecule has 7 rings (SSSR count). The van der Waals surface area contributed by atoms with Crippen molar-refractivity contribution in [2.24, 2.45) is 11.3 Å². The maximum atomic E-state index is 14.8. The van der Waals surface area contributed by atoms with Gasteiger partial charge in [0.15, 0.2) is 0 Å². The van der Waals surface area contributed by atoms with Crippen LogP contribution in [0, 0.1) is 11.3 Å². The second-order valence-electron chi connectivity index (χ2n) is 16.0. The molecule has 6 atom stereocenters. The molecule has 306 valence electrons. The Morgan fingerprint density at radius 3 is 2.42 bits per heavy atom. The van der Waals surface area contributed by atoms with Crippen LogP contribution in [0.2, 0.25) is 0 Å². The van der Waals surface area contributed by atoms with Gasteiger partial charge in [0.05, 0.1) is 25.0 Å². The fourth-order valence-corrected chi connectivity index (χ4v) is 9.28. The normalized spacial score (nSPS) is 25.2. The van der Waals surface area contributed by atoms with E-state index in [1.807, 2.05) is 17.5 Å². The molecule has 2 aliphatic heterocycles. The molecule has 2 aromatic heterocycles. The van der Waals surface area contributed by atoms with Crippen LogP contribution in [0.4, 0.5) is 4.79 Å². The number of nitrogens with zero attached hydrogens (tertiary/aromatic N) is 5. The van der Waals surface area contributed by atoms with Crippen LogP contribution in [-0.4, -0.2) is 107 Å². The highest BCUT2D eigenvalue weighted by molar-refractivity contribution is 7.91. The smallest absolute Gasteiger partial charge is 0.410 e. The highest BCUT2D eigenvalue weighted by Gasteiger charge is 2.62. The lowest BCUT2D eigenvalue weighted by atomic mass is 9.85. The lowest BCUT2D eigenvalue weighted by Gasteiger charge is -2.35. The first kappa shape index (κ1) is 40.3. The van der Waals surface area contributed by atoms with Crippen LogP contribution in [-0.2, 0) is 33.9 Å². The number of thiazole rings is 1. The molecule has 0 bridgehead atoms. The molecule has 4 amide bonds. The van der Waals surface area contributed by atoms with Gasteiger partial charge in [0, 0.05) is 42.4 Å². The minimum Gasteiger partial charge on any atom is -0.497 e. The molecule has 0 spiro atoms. The zero-order chi connectivity index (χ0) is 40.7. The summed E-state index contributed by atoms with van der Waals surface area (Å²) in [7, 11) is -2.35. The van der Waals surface area contributed by atoms with Crippen molar-refractivity contribution in [1.29, 1.82) is 0 Å². The van der Waals surface area contributed by atoms with Gasteiger partial charge < -0.3 is 29.7 Å². The van der Waals surface area contributed by atoms with Gasteiger partial charge in [-0.25, -0.2) is 18.2 Å². The Morgan fingerprint density at radius 2 is 1.82 bits per heavy atom. The molecule has 4 aliphatic rings. The van der Waals surface area contributed by atoms with Crippen LogP contribution in [0.5, 0.6) is 5.75 Å². The van der Waals surface area contributed by atoms with Crippen molar-refractivity contribution in [3.8, 4) is 27.7 Å². The number of methoxy groups -OCH3 is 1. The number of rotatable bonds is 13. The van der Waals surface area contributed by atoms with Gasteiger partial charge >= 0.3 is 6.09 Å². The molecule has 2 saturated carbocycles. The van der Waals surface area contributed by atoms with Crippen LogP contribution in [0.25, 0.3) is 22.0 Å². The third kappa shape index (κ3) is 8.55. The number of sulfonamides is 1. The highest BCUT2D eigenvalue weighted by Crippen LogP contribution is 2.46. The van der Waals surface area contributed by atoms with E-state index >= 15 is 0 Å². The summed E-state index contributed by atoms with van der Waals surface area (Å²) in [5.74, 6) is -1.99. The lowest BCUT2D eigenvalue weighted by molar-refractivity contribution is -0.144. The molecule has 0 radical (unpaired) electrons. The summed E-state index contributed by atoms with van der Waals surface area (Å²) < 4.78 is 44.2. The summed E-state index contributed by atoms with van der Waals surface area (Å²) in [6, 6.07) is 4.32. The molecular formula is C38H48N8O9S2. The van der Waals surface area contributed by atoms with E-state index in [1.165, 1.54) is 27.1 Å². The number of carbonyl (C=O) groups is 4. The number of alkyl carbamates (subject to hydrolysis) is 1. The first-order valence-corrected chi connectivity index (χ1v) is 21.5. The molecule has 4 heterocycles. The Labute approximate surface area is 334 Å². The quantitative estimate of drug-likeness (QED) is 0.211. The zero-order valence-corrected chi connectivity index (χ0v) is 33.9. The Hall–Kier alpha value is -4.88. The van der Waals surface area contributed by atoms with Crippen molar-refractivity contribution in [2.45, 2.75) is 101 Å². The topological polar surface area (TPSA) is 213 Å². The number of nitrogens with one attached hydrogen (secondary N) is 3. The maximum Gasteiger partial charge on any atom is 0.410 e. The lowest BCUT2D eigenvalue weighted by Crippen LogP contribution is -2.60. The summed E-state index contributed by atoms with van der Waals surface area (Å²) in [5.41, 5.74) is -0.665. The largest absolute Gasteiger partial charge is 0.497 e. The molecule has 2 aliphatic carbocycles. The summed E-state index contributed by atoms with van der Waals surface area (Å²) in [6.07, 6.45) is 4.84. The zero-order valence-electron chi connectivity index (χ0n) is 32.3. The van der Waals surface area contributed by atoms with E-state index in [2.05, 4.69) is 26.9 Å². The van der Waals surface area contributed by atoms with Gasteiger partial charge in [0.2, 0.25) is 28.1 Å². The predicted molar refractivity (Wildman–Crippen MR) is 208 cm³/mol. The van der Waals surface area contributed by atoms with E-state index in [-0.39, 0.29) is 19.4 Å². The fourth-order valence-electron chi connectivity index (χ4n) is 7.30. The molecule has 57 heavy (non-hydrogen) atoms. The standard InChI is InChI=1S/C38H48N8O9S2/c1-6-23-20-38(23,35(49)44-57(51,52)26-14-15-26)41-32(47)27-19-24(21-45(27)34(48)31(37(2,3)4)40-36(50)55-28-9-7-8-17-54-28)46-42-29(22-10-12-25(53-5)13-11-22)30(43-46)33-39-16-18-56-33/h6,10-13,16,18,23-24,26-28,31H,1,7-9,14-15,17,19-21H2,2-5H3,(H,40,50)(H,41,47)(H,44,49)/t23-,24-,27+,28?,31-,38+/m1/s1. The van der Waals surface area contributed by atoms with Crippen molar-refractivity contribution in [3.63, 3.8) is 0 Å². The maximum absolute atomic E-state index is 14.8. The van der Waals surface area contributed by atoms with Gasteiger partial charge in [0.25, 0.3) is 5.91 Å². The SMILES string of the molecule is C=C[C@@H]1C[C@@]1(NC(=O)[C@@H]1C[C@@H](n2nc(-c3ccc(OC)cc3)c(-c3nccs3)n2)CN1C(=O)[C@@H](NC(=O)OC1CCCCO1)C(C)(C)C)C(=O)NS(=O)(=O)C1CC1. The molecule has 3 aromatic rings. The van der Waals surface area contributed by atoms with Crippen molar-refractivity contribution < 1.29 is 41.8 Å². The fraction of sp³-hybridized carbons (Fsp3) is 0.553. The van der Waals surface area contributed by atoms with Crippen molar-refractivity contribution >= 4 is 45.2 Å². The van der Waals surface area contributed by atoms with Crippen molar-refractivity contribution in [1.82, 2.24) is 40.2 Å². The molecule has 1 unspecified atom stereocenters. The first-order chi connectivity index (χ1) is 27.1. The van der Waals surface area contributed by atoms with Crippen LogP contribution >= 0.6 is 11.3 Å². The van der Waals surface area contributed by atoms with Crippen molar-refractivity contribution in [2.75, 3.05) is 20.3 Å². The van der Waals surface area contributed by atoms with Crippen LogP contribution in [0.3, 0.4) is 0 Å². The number of ether oxygens (including phenoxy) is 3. The number of aromatic nitrogens is 4. The van der Waals surface area contributed by atoms with Crippen LogP contribution < -0.4 is 20.1 Å². The third-order valence-corrected chi connectivity index (χ3v) is 13.4. The minimum absolute atomic E-state index is 0.0274. The number of amides is 4. The van der Waals surface area contributed by atoms with Crippen LogP contribution in [0.1, 0.15) is 71.8 Å². The van der Waals surface area contributed by atoms with E-state index in [0.717, 1.165) is 18.4 Å². The Kier molecular flexibility index (Phi) is 11.2. The summed E-state index contributed by atoms with van der Waals surface area (Å²) in [5, 5.41) is 17.1. The molecule has 3 N–H and O–H groups in total. The summed E-state index contributed by atoms with van der Waals surface area (Å²) in [4.78, 5) is 63.4. The van der Waals surface area contributed by atoms with Crippen LogP contribution in [0.15, 0.2) is 48.5 Å². The van der Waals surface area contributed by atoms with E-state index in [4.69, 9.17) is 24.4 Å². The summed E-state index contributed by atoms with van der Waals surface area (Å²) in [6.45, 7) is 9.55. The van der Waals surface area contributed by atoms with Gasteiger partial charge in [-0.1, -0.05) is 26.8 Å². The van der Waals surface area contributed by atoms with E-state index in [1.54, 1.807) is 46.2 Å². The Balaban J connectivity index is 1.21. The van der Waals surface area contributed by atoms with E-state index in [9.17, 15) is 27.6 Å². The Morgan fingerprint density at radius 1 is 1.09 bits per heavy atom. The van der Waals surface area contributed by atoms with E-state index < -0.39 is 80.4 Å². The van der Waals surface area contributed by atoms with Gasteiger partial charge in [0.1, 0.15) is 39.8 Å².